The highest BCUT2D eigenvalue weighted by atomic mass is 79.9. The smallest absolute Gasteiger partial charge is 0.324 e. The van der Waals surface area contributed by atoms with Crippen molar-refractivity contribution in [3.63, 3.8) is 0 Å². The van der Waals surface area contributed by atoms with Crippen LogP contribution in [-0.2, 0) is 25.5 Å². The van der Waals surface area contributed by atoms with Crippen LogP contribution in [0.1, 0.15) is 16.0 Å². The molecule has 0 fully saturated rings. The minimum atomic E-state index is -0.573. The fraction of sp³-hybridized carbons (Fsp3) is 0.300. The summed E-state index contributed by atoms with van der Waals surface area (Å²) in [5, 5.41) is 1.11. The first-order chi connectivity index (χ1) is 13.8. The van der Waals surface area contributed by atoms with Gasteiger partial charge in [-0.1, -0.05) is 39.1 Å². The highest BCUT2D eigenvalue weighted by Gasteiger charge is 2.21. The third-order valence-electron chi connectivity index (χ3n) is 3.68. The van der Waals surface area contributed by atoms with Gasteiger partial charge in [-0.25, -0.2) is 0 Å². The van der Waals surface area contributed by atoms with E-state index in [9.17, 15) is 9.59 Å². The van der Waals surface area contributed by atoms with Crippen LogP contribution in [-0.4, -0.2) is 40.4 Å². The van der Waals surface area contributed by atoms with Gasteiger partial charge in [0, 0.05) is 21.2 Å². The number of carbonyl (C=O) groups excluding carboxylic acids is 2. The van der Waals surface area contributed by atoms with Gasteiger partial charge in [0.15, 0.2) is 0 Å². The SMILES string of the molecule is COC(=O)C(Br)c1cc(Cl)ccc1OC.COC(=O)Cc1cc(Cl)ccc1OC. The van der Waals surface area contributed by atoms with Crippen LogP contribution in [0.2, 0.25) is 10.0 Å². The molecule has 0 saturated carbocycles. The number of alkyl halides is 1. The third-order valence-corrected chi connectivity index (χ3v) is 5.02. The van der Waals surface area contributed by atoms with Crippen molar-refractivity contribution in [2.24, 2.45) is 0 Å². The summed E-state index contributed by atoms with van der Waals surface area (Å²) in [6.45, 7) is 0. The standard InChI is InChI=1S/C10H10BrClO3.C10H11ClO3/c1-14-8-4-3-6(12)5-7(8)9(11)10(13)15-2;1-13-9-4-3-8(11)5-7(9)6-10(12)14-2/h3-5,9H,1-2H3;3-5H,6H2,1-2H3. The highest BCUT2D eigenvalue weighted by molar-refractivity contribution is 9.09. The summed E-state index contributed by atoms with van der Waals surface area (Å²) in [7, 11) is 5.75. The molecule has 9 heteroatoms. The first-order valence-corrected chi connectivity index (χ1v) is 9.89. The van der Waals surface area contributed by atoms with Gasteiger partial charge in [0.05, 0.1) is 34.9 Å². The van der Waals surface area contributed by atoms with Crippen molar-refractivity contribution in [2.75, 3.05) is 28.4 Å². The average molecular weight is 508 g/mol. The van der Waals surface area contributed by atoms with Crippen LogP contribution in [0.25, 0.3) is 0 Å². The Morgan fingerprint density at radius 2 is 1.45 bits per heavy atom. The van der Waals surface area contributed by atoms with Crippen LogP contribution in [0, 0.1) is 0 Å². The Labute approximate surface area is 188 Å². The zero-order valence-electron chi connectivity index (χ0n) is 16.3. The number of methoxy groups -OCH3 is 4. The lowest BCUT2D eigenvalue weighted by Gasteiger charge is -2.12. The fourth-order valence-electron chi connectivity index (χ4n) is 2.25. The number of halogens is 3. The van der Waals surface area contributed by atoms with Gasteiger partial charge in [-0.15, -0.1) is 0 Å². The molecule has 0 N–H and O–H groups in total. The summed E-state index contributed by atoms with van der Waals surface area (Å²) in [4.78, 5) is 21.8. The molecule has 2 rings (SSSR count). The van der Waals surface area contributed by atoms with Gasteiger partial charge in [-0.2, -0.15) is 0 Å². The summed E-state index contributed by atoms with van der Waals surface area (Å²) < 4.78 is 19.4. The maximum atomic E-state index is 11.3. The lowest BCUT2D eigenvalue weighted by Crippen LogP contribution is -2.09. The zero-order chi connectivity index (χ0) is 22.0. The summed E-state index contributed by atoms with van der Waals surface area (Å²) in [5.41, 5.74) is 1.38. The Bertz CT molecular complexity index is 844. The molecule has 0 aliphatic carbocycles. The highest BCUT2D eigenvalue weighted by Crippen LogP contribution is 2.34. The van der Waals surface area contributed by atoms with Crippen molar-refractivity contribution in [2.45, 2.75) is 11.2 Å². The van der Waals surface area contributed by atoms with E-state index >= 15 is 0 Å². The number of hydrogen-bond donors (Lipinski definition) is 0. The molecular weight excluding hydrogens is 487 g/mol. The average Bonchev–Trinajstić information content (AvgIpc) is 2.73. The number of hydrogen-bond acceptors (Lipinski definition) is 6. The van der Waals surface area contributed by atoms with Crippen molar-refractivity contribution in [3.05, 3.63) is 57.6 Å². The van der Waals surface area contributed by atoms with Crippen LogP contribution in [0.5, 0.6) is 11.5 Å². The first kappa shape index (κ1) is 25.1. The van der Waals surface area contributed by atoms with E-state index in [4.69, 9.17) is 32.7 Å². The Hall–Kier alpha value is -1.96. The Kier molecular flexibility index (Phi) is 10.9. The van der Waals surface area contributed by atoms with E-state index in [1.165, 1.54) is 21.3 Å². The minimum Gasteiger partial charge on any atom is -0.496 e. The Morgan fingerprint density at radius 3 is 1.97 bits per heavy atom. The molecule has 0 saturated heterocycles. The fourth-order valence-corrected chi connectivity index (χ4v) is 3.17. The molecule has 158 valence electrons. The lowest BCUT2D eigenvalue weighted by molar-refractivity contribution is -0.140. The summed E-state index contributed by atoms with van der Waals surface area (Å²) >= 11 is 14.9. The molecule has 0 spiro atoms. The molecule has 0 amide bonds. The monoisotopic (exact) mass is 506 g/mol. The molecule has 2 aromatic carbocycles. The minimum absolute atomic E-state index is 0.167. The molecule has 0 heterocycles. The van der Waals surface area contributed by atoms with E-state index in [-0.39, 0.29) is 12.4 Å². The summed E-state index contributed by atoms with van der Waals surface area (Å²) in [6.07, 6.45) is 0.167. The van der Waals surface area contributed by atoms with Gasteiger partial charge in [0.25, 0.3) is 0 Å². The normalized spacial score (nSPS) is 10.9. The summed E-state index contributed by atoms with van der Waals surface area (Å²) in [5.74, 6) is 0.521. The number of esters is 2. The van der Waals surface area contributed by atoms with E-state index in [0.29, 0.717) is 27.1 Å². The summed E-state index contributed by atoms with van der Waals surface area (Å²) in [6, 6.07) is 10.2. The van der Waals surface area contributed by atoms with E-state index in [0.717, 1.165) is 5.56 Å². The van der Waals surface area contributed by atoms with Crippen molar-refractivity contribution in [3.8, 4) is 11.5 Å². The molecule has 0 aliphatic heterocycles. The zero-order valence-corrected chi connectivity index (χ0v) is 19.4. The predicted octanol–water partition coefficient (Wildman–Crippen LogP) is 5.02. The van der Waals surface area contributed by atoms with Gasteiger partial charge in [0.1, 0.15) is 16.3 Å². The molecule has 0 aromatic heterocycles. The van der Waals surface area contributed by atoms with Gasteiger partial charge in [-0.3, -0.25) is 9.59 Å². The second-order valence-electron chi connectivity index (χ2n) is 5.48. The molecule has 1 atom stereocenters. The van der Waals surface area contributed by atoms with E-state index in [1.807, 2.05) is 0 Å². The van der Waals surface area contributed by atoms with Gasteiger partial charge >= 0.3 is 11.9 Å². The molecule has 2 aromatic rings. The van der Waals surface area contributed by atoms with Crippen LogP contribution in [0.15, 0.2) is 36.4 Å². The molecule has 1 unspecified atom stereocenters. The first-order valence-electron chi connectivity index (χ1n) is 8.21. The van der Waals surface area contributed by atoms with E-state index in [1.54, 1.807) is 43.5 Å². The Morgan fingerprint density at radius 1 is 0.897 bits per heavy atom. The van der Waals surface area contributed by atoms with Gasteiger partial charge < -0.3 is 18.9 Å². The van der Waals surface area contributed by atoms with Crippen molar-refractivity contribution >= 4 is 51.1 Å². The molecule has 29 heavy (non-hydrogen) atoms. The van der Waals surface area contributed by atoms with E-state index in [2.05, 4.69) is 25.4 Å². The molecule has 0 bridgehead atoms. The van der Waals surface area contributed by atoms with Crippen LogP contribution in [0.4, 0.5) is 0 Å². The van der Waals surface area contributed by atoms with Crippen LogP contribution < -0.4 is 9.47 Å². The molecule has 0 radical (unpaired) electrons. The third kappa shape index (κ3) is 7.76. The Balaban J connectivity index is 0.000000291. The van der Waals surface area contributed by atoms with Crippen molar-refractivity contribution in [1.82, 2.24) is 0 Å². The van der Waals surface area contributed by atoms with Crippen molar-refractivity contribution < 1.29 is 28.5 Å². The number of benzene rings is 2. The maximum Gasteiger partial charge on any atom is 0.324 e. The predicted molar refractivity (Wildman–Crippen MR) is 115 cm³/mol. The quantitative estimate of drug-likeness (QED) is 0.403. The van der Waals surface area contributed by atoms with Crippen LogP contribution in [0.3, 0.4) is 0 Å². The number of ether oxygens (including phenoxy) is 4. The molecular formula is C20H21BrCl2O6. The molecule has 6 nitrogen and oxygen atoms in total. The van der Waals surface area contributed by atoms with Crippen molar-refractivity contribution in [1.29, 1.82) is 0 Å². The van der Waals surface area contributed by atoms with Gasteiger partial charge in [0.2, 0.25) is 0 Å². The number of rotatable bonds is 6. The molecule has 0 aliphatic rings. The number of carbonyl (C=O) groups is 2. The largest absolute Gasteiger partial charge is 0.496 e. The topological polar surface area (TPSA) is 71.1 Å². The second kappa shape index (κ2) is 12.6. The van der Waals surface area contributed by atoms with Gasteiger partial charge in [-0.05, 0) is 36.4 Å². The lowest BCUT2D eigenvalue weighted by atomic mass is 10.1. The van der Waals surface area contributed by atoms with E-state index < -0.39 is 10.8 Å². The second-order valence-corrected chi connectivity index (χ2v) is 7.27. The van der Waals surface area contributed by atoms with Crippen LogP contribution >= 0.6 is 39.1 Å². The maximum absolute atomic E-state index is 11.3.